The van der Waals surface area contributed by atoms with Gasteiger partial charge in [-0.15, -0.1) is 12.4 Å². The molecule has 0 amide bonds. The van der Waals surface area contributed by atoms with Crippen LogP contribution in [0.25, 0.3) is 0 Å². The van der Waals surface area contributed by atoms with Gasteiger partial charge in [-0.3, -0.25) is 4.98 Å². The van der Waals surface area contributed by atoms with Crippen molar-refractivity contribution in [1.29, 1.82) is 0 Å². The molecular weight excluding hydrogens is 192 g/mol. The molecule has 1 atom stereocenters. The average molecular weight is 203 g/mol. The zero-order chi connectivity index (χ0) is 9.19. The van der Waals surface area contributed by atoms with Crippen LogP contribution in [0.3, 0.4) is 0 Å². The fourth-order valence-corrected chi connectivity index (χ4v) is 0.793. The highest BCUT2D eigenvalue weighted by Gasteiger charge is 2.29. The molecule has 0 aliphatic heterocycles. The topological polar surface area (TPSA) is 76.2 Å². The van der Waals surface area contributed by atoms with E-state index < -0.39 is 11.5 Å². The predicted molar refractivity (Wildman–Crippen MR) is 50.7 cm³/mol. The molecular formula is C8H11ClN2O2. The summed E-state index contributed by atoms with van der Waals surface area (Å²) >= 11 is 0. The van der Waals surface area contributed by atoms with Gasteiger partial charge < -0.3 is 10.8 Å². The molecule has 13 heavy (non-hydrogen) atoms. The normalized spacial score (nSPS) is 14.0. The van der Waals surface area contributed by atoms with Crippen molar-refractivity contribution >= 4 is 18.4 Å². The molecule has 0 aliphatic rings. The first-order valence-corrected chi connectivity index (χ1v) is 3.48. The summed E-state index contributed by atoms with van der Waals surface area (Å²) in [6.45, 7) is 1.44. The molecule has 5 heteroatoms. The minimum absolute atomic E-state index is 0. The van der Waals surface area contributed by atoms with E-state index in [2.05, 4.69) is 4.98 Å². The highest BCUT2D eigenvalue weighted by Crippen LogP contribution is 2.15. The lowest BCUT2D eigenvalue weighted by Gasteiger charge is -2.18. The summed E-state index contributed by atoms with van der Waals surface area (Å²) in [7, 11) is 0. The van der Waals surface area contributed by atoms with Crippen molar-refractivity contribution in [2.24, 2.45) is 5.73 Å². The number of hydrogen-bond acceptors (Lipinski definition) is 3. The minimum atomic E-state index is -1.35. The van der Waals surface area contributed by atoms with E-state index in [9.17, 15) is 4.79 Å². The van der Waals surface area contributed by atoms with Gasteiger partial charge in [-0.2, -0.15) is 0 Å². The van der Waals surface area contributed by atoms with Crippen molar-refractivity contribution in [1.82, 2.24) is 4.98 Å². The van der Waals surface area contributed by atoms with Gasteiger partial charge in [0.1, 0.15) is 5.54 Å². The molecule has 0 unspecified atom stereocenters. The Hall–Kier alpha value is -1.13. The van der Waals surface area contributed by atoms with Crippen LogP contribution in [0, 0.1) is 0 Å². The summed E-state index contributed by atoms with van der Waals surface area (Å²) < 4.78 is 0. The third-order valence-electron chi connectivity index (χ3n) is 1.71. The number of nitrogens with zero attached hydrogens (tertiary/aromatic N) is 1. The van der Waals surface area contributed by atoms with E-state index in [4.69, 9.17) is 10.8 Å². The number of carbonyl (C=O) groups is 1. The fraction of sp³-hybridized carbons (Fsp3) is 0.250. The Morgan fingerprint density at radius 2 is 2.31 bits per heavy atom. The zero-order valence-electron chi connectivity index (χ0n) is 7.10. The van der Waals surface area contributed by atoms with Gasteiger partial charge in [0.25, 0.3) is 0 Å². The highest BCUT2D eigenvalue weighted by atomic mass is 35.5. The highest BCUT2D eigenvalue weighted by molar-refractivity contribution is 5.85. The number of carboxylic acid groups (broad SMARTS) is 1. The number of pyridine rings is 1. The van der Waals surface area contributed by atoms with Crippen LogP contribution in [-0.2, 0) is 10.3 Å². The molecule has 0 saturated carbocycles. The molecule has 0 fully saturated rings. The molecule has 4 nitrogen and oxygen atoms in total. The van der Waals surface area contributed by atoms with Crippen LogP contribution in [0.15, 0.2) is 24.5 Å². The van der Waals surface area contributed by atoms with Crippen molar-refractivity contribution in [3.8, 4) is 0 Å². The molecule has 1 aromatic rings. The Labute approximate surface area is 82.2 Å². The Bertz CT molecular complexity index is 287. The van der Waals surface area contributed by atoms with Gasteiger partial charge in [0.15, 0.2) is 0 Å². The second-order valence-corrected chi connectivity index (χ2v) is 2.75. The van der Waals surface area contributed by atoms with Gasteiger partial charge in [0, 0.05) is 18.0 Å². The summed E-state index contributed by atoms with van der Waals surface area (Å²) in [5, 5.41) is 8.74. The predicted octanol–water partition coefficient (Wildman–Crippen LogP) is 0.762. The smallest absolute Gasteiger partial charge is 0.328 e. The Morgan fingerprint density at radius 3 is 2.69 bits per heavy atom. The second kappa shape index (κ2) is 4.20. The average Bonchev–Trinajstić information content (AvgIpc) is 2.06. The maximum atomic E-state index is 10.7. The number of aromatic nitrogens is 1. The van der Waals surface area contributed by atoms with E-state index in [-0.39, 0.29) is 12.4 Å². The molecule has 3 N–H and O–H groups in total. The van der Waals surface area contributed by atoms with Gasteiger partial charge in [0.2, 0.25) is 0 Å². The van der Waals surface area contributed by atoms with Gasteiger partial charge in [-0.25, -0.2) is 4.79 Å². The first-order valence-electron chi connectivity index (χ1n) is 3.48. The summed E-state index contributed by atoms with van der Waals surface area (Å²) in [6, 6.07) is 3.30. The Morgan fingerprint density at radius 1 is 1.69 bits per heavy atom. The molecule has 0 radical (unpaired) electrons. The second-order valence-electron chi connectivity index (χ2n) is 2.75. The molecule has 0 spiro atoms. The number of hydrogen-bond donors (Lipinski definition) is 2. The van der Waals surface area contributed by atoms with Crippen molar-refractivity contribution in [2.75, 3.05) is 0 Å². The van der Waals surface area contributed by atoms with Crippen LogP contribution < -0.4 is 5.73 Å². The van der Waals surface area contributed by atoms with E-state index in [0.29, 0.717) is 5.56 Å². The van der Waals surface area contributed by atoms with Crippen molar-refractivity contribution in [3.05, 3.63) is 30.1 Å². The molecule has 1 aromatic heterocycles. The van der Waals surface area contributed by atoms with E-state index in [0.717, 1.165) is 0 Å². The molecule has 0 bridgehead atoms. The van der Waals surface area contributed by atoms with Crippen molar-refractivity contribution < 1.29 is 9.90 Å². The van der Waals surface area contributed by atoms with E-state index in [1.807, 2.05) is 0 Å². The third-order valence-corrected chi connectivity index (χ3v) is 1.71. The van der Waals surface area contributed by atoms with Crippen molar-refractivity contribution in [2.45, 2.75) is 12.5 Å². The quantitative estimate of drug-likeness (QED) is 0.743. The maximum Gasteiger partial charge on any atom is 0.328 e. The number of rotatable bonds is 2. The monoisotopic (exact) mass is 202 g/mol. The van der Waals surface area contributed by atoms with Gasteiger partial charge in [-0.05, 0) is 13.0 Å². The summed E-state index contributed by atoms with van der Waals surface area (Å²) in [4.78, 5) is 14.5. The summed E-state index contributed by atoms with van der Waals surface area (Å²) in [5.41, 5.74) is 4.69. The van der Waals surface area contributed by atoms with Crippen LogP contribution in [-0.4, -0.2) is 16.1 Å². The SMILES string of the molecule is C[C@@](N)(C(=O)O)c1cccnc1.Cl. The number of aliphatic carboxylic acids is 1. The van der Waals surface area contributed by atoms with Gasteiger partial charge in [0.05, 0.1) is 0 Å². The summed E-state index contributed by atoms with van der Waals surface area (Å²) in [6.07, 6.45) is 3.02. The van der Waals surface area contributed by atoms with E-state index in [1.165, 1.54) is 13.1 Å². The first-order chi connectivity index (χ1) is 5.55. The lowest BCUT2D eigenvalue weighted by Crippen LogP contribution is -2.41. The summed E-state index contributed by atoms with van der Waals surface area (Å²) in [5.74, 6) is -1.06. The largest absolute Gasteiger partial charge is 0.480 e. The third kappa shape index (κ3) is 2.40. The van der Waals surface area contributed by atoms with E-state index in [1.54, 1.807) is 18.3 Å². The number of nitrogens with two attached hydrogens (primary N) is 1. The minimum Gasteiger partial charge on any atom is -0.480 e. The molecule has 1 heterocycles. The Kier molecular flexibility index (Phi) is 3.84. The van der Waals surface area contributed by atoms with Gasteiger partial charge >= 0.3 is 5.97 Å². The maximum absolute atomic E-state index is 10.7. The standard InChI is InChI=1S/C8H10N2O2.ClH/c1-8(9,7(11)12)6-3-2-4-10-5-6;/h2-5H,9H2,1H3,(H,11,12);1H/t8-;/m0./s1. The molecule has 0 aromatic carbocycles. The van der Waals surface area contributed by atoms with Crippen LogP contribution >= 0.6 is 12.4 Å². The zero-order valence-corrected chi connectivity index (χ0v) is 7.91. The number of carboxylic acids is 1. The molecule has 1 rings (SSSR count). The van der Waals surface area contributed by atoms with E-state index >= 15 is 0 Å². The van der Waals surface area contributed by atoms with Crippen molar-refractivity contribution in [3.63, 3.8) is 0 Å². The van der Waals surface area contributed by atoms with Gasteiger partial charge in [-0.1, -0.05) is 6.07 Å². The van der Waals surface area contributed by atoms with Crippen LogP contribution in [0.4, 0.5) is 0 Å². The van der Waals surface area contributed by atoms with Crippen LogP contribution in [0.2, 0.25) is 0 Å². The first kappa shape index (κ1) is 11.9. The van der Waals surface area contributed by atoms with Crippen LogP contribution in [0.5, 0.6) is 0 Å². The molecule has 72 valence electrons. The van der Waals surface area contributed by atoms with Crippen LogP contribution in [0.1, 0.15) is 12.5 Å². The number of halogens is 1. The molecule has 0 aliphatic carbocycles. The Balaban J connectivity index is 0.00000144. The lowest BCUT2D eigenvalue weighted by molar-refractivity contribution is -0.143. The fourth-order valence-electron chi connectivity index (χ4n) is 0.793. The molecule has 0 saturated heterocycles. The lowest BCUT2D eigenvalue weighted by atomic mass is 9.95.